The second-order valence-corrected chi connectivity index (χ2v) is 9.43. The van der Waals surface area contributed by atoms with Crippen molar-refractivity contribution in [2.24, 2.45) is 0 Å². The topological polar surface area (TPSA) is 84.9 Å². The number of anilines is 1. The fourth-order valence-corrected chi connectivity index (χ4v) is 4.92. The van der Waals surface area contributed by atoms with Gasteiger partial charge >= 0.3 is 0 Å². The monoisotopic (exact) mass is 514 g/mol. The Morgan fingerprint density at radius 3 is 2.26 bits per heavy atom. The first-order chi connectivity index (χ1) is 18.4. The van der Waals surface area contributed by atoms with Crippen molar-refractivity contribution in [3.8, 4) is 11.5 Å². The van der Waals surface area contributed by atoms with E-state index in [1.807, 2.05) is 43.3 Å². The van der Waals surface area contributed by atoms with Crippen LogP contribution in [0.4, 0.5) is 5.69 Å². The zero-order valence-corrected chi connectivity index (χ0v) is 22.2. The number of aryl methyl sites for hydroxylation is 2. The molecule has 7 heteroatoms. The lowest BCUT2D eigenvalue weighted by Gasteiger charge is -2.36. The van der Waals surface area contributed by atoms with Crippen molar-refractivity contribution >= 4 is 23.3 Å². The molecule has 0 unspecified atom stereocenters. The van der Waals surface area contributed by atoms with Crippen LogP contribution in [0, 0.1) is 6.92 Å². The first-order valence-corrected chi connectivity index (χ1v) is 12.9. The number of hydrogen-bond donors (Lipinski definition) is 1. The maximum absolute atomic E-state index is 13.7. The van der Waals surface area contributed by atoms with E-state index in [2.05, 4.69) is 17.4 Å². The molecule has 4 rings (SSSR count). The molecule has 3 aromatic carbocycles. The highest BCUT2D eigenvalue weighted by molar-refractivity contribution is 6.47. The van der Waals surface area contributed by atoms with Crippen LogP contribution in [0.25, 0.3) is 0 Å². The second kappa shape index (κ2) is 12.4. The van der Waals surface area contributed by atoms with Crippen LogP contribution in [0.5, 0.6) is 11.5 Å². The molecule has 0 fully saturated rings. The number of nitrogens with zero attached hydrogens (tertiary/aromatic N) is 1. The smallest absolute Gasteiger partial charge is 0.300 e. The minimum absolute atomic E-state index is 0.150. The lowest BCUT2D eigenvalue weighted by Crippen LogP contribution is -2.54. The third-order valence-electron chi connectivity index (χ3n) is 7.01. The Labute approximate surface area is 223 Å². The van der Waals surface area contributed by atoms with E-state index in [1.165, 1.54) is 36.8 Å². The molecule has 1 atom stereocenters. The molecule has 0 saturated carbocycles. The second-order valence-electron chi connectivity index (χ2n) is 9.43. The Hall–Kier alpha value is -4.13. The summed E-state index contributed by atoms with van der Waals surface area (Å²) in [5.41, 5.74) is 3.67. The largest absolute Gasteiger partial charge is 0.496 e. The molecule has 0 spiro atoms. The summed E-state index contributed by atoms with van der Waals surface area (Å²) in [6.45, 7) is 2.32. The van der Waals surface area contributed by atoms with Crippen molar-refractivity contribution in [1.29, 1.82) is 0 Å². The van der Waals surface area contributed by atoms with Gasteiger partial charge in [0.25, 0.3) is 11.7 Å². The number of nitrogens with one attached hydrogen (secondary N) is 1. The minimum Gasteiger partial charge on any atom is -0.496 e. The number of hydrogen-bond acceptors (Lipinski definition) is 5. The lowest BCUT2D eigenvalue weighted by molar-refractivity contribution is -0.125. The van der Waals surface area contributed by atoms with Crippen LogP contribution < -0.4 is 19.7 Å². The maximum Gasteiger partial charge on any atom is 0.300 e. The normalized spacial score (nSPS) is 14.4. The van der Waals surface area contributed by atoms with E-state index in [0.29, 0.717) is 36.6 Å². The van der Waals surface area contributed by atoms with E-state index in [9.17, 15) is 14.4 Å². The third-order valence-corrected chi connectivity index (χ3v) is 7.01. The van der Waals surface area contributed by atoms with Gasteiger partial charge in [-0.25, -0.2) is 0 Å². The van der Waals surface area contributed by atoms with E-state index >= 15 is 0 Å². The average molecular weight is 515 g/mol. The predicted octanol–water partition coefficient (Wildman–Crippen LogP) is 4.68. The Morgan fingerprint density at radius 2 is 1.58 bits per heavy atom. The van der Waals surface area contributed by atoms with Gasteiger partial charge < -0.3 is 14.8 Å². The number of ketones is 1. The first-order valence-electron chi connectivity index (χ1n) is 12.9. The quantitative estimate of drug-likeness (QED) is 0.241. The molecule has 0 aliphatic carbocycles. The first kappa shape index (κ1) is 26.9. The Morgan fingerprint density at radius 1 is 0.921 bits per heavy atom. The molecule has 2 amide bonds. The molecule has 7 nitrogen and oxygen atoms in total. The summed E-state index contributed by atoms with van der Waals surface area (Å²) in [6.07, 6.45) is 3.78. The van der Waals surface area contributed by atoms with Crippen LogP contribution >= 0.6 is 0 Å². The van der Waals surface area contributed by atoms with Gasteiger partial charge in [0, 0.05) is 23.4 Å². The average Bonchev–Trinajstić information content (AvgIpc) is 2.96. The minimum atomic E-state index is -0.773. The lowest BCUT2D eigenvalue weighted by atomic mass is 9.93. The Kier molecular flexibility index (Phi) is 8.79. The molecule has 1 aliphatic rings. The maximum atomic E-state index is 13.7. The SMILES string of the molecule is COc1cc(C(=O)C(=O)N2c3ccccc3CC[C@H]2C(=O)NCCCCc2ccccc2)cc(OC)c1C. The number of benzene rings is 3. The van der Waals surface area contributed by atoms with E-state index in [1.54, 1.807) is 6.07 Å². The molecule has 38 heavy (non-hydrogen) atoms. The molecule has 0 radical (unpaired) electrons. The highest BCUT2D eigenvalue weighted by Gasteiger charge is 2.38. The summed E-state index contributed by atoms with van der Waals surface area (Å²) in [7, 11) is 3.00. The highest BCUT2D eigenvalue weighted by Crippen LogP contribution is 2.33. The molecule has 0 aromatic heterocycles. The van der Waals surface area contributed by atoms with E-state index in [4.69, 9.17) is 9.47 Å². The summed E-state index contributed by atoms with van der Waals surface area (Å²) < 4.78 is 10.8. The predicted molar refractivity (Wildman–Crippen MR) is 147 cm³/mol. The number of carbonyl (C=O) groups is 3. The summed E-state index contributed by atoms with van der Waals surface area (Å²) in [6, 6.07) is 20.0. The number of methoxy groups -OCH3 is 2. The van der Waals surface area contributed by atoms with Crippen molar-refractivity contribution < 1.29 is 23.9 Å². The number of para-hydroxylation sites is 1. The van der Waals surface area contributed by atoms with Crippen LogP contribution in [0.3, 0.4) is 0 Å². The van der Waals surface area contributed by atoms with Crippen LogP contribution in [-0.4, -0.2) is 44.4 Å². The number of amides is 2. The standard InChI is InChI=1S/C31H34N2O5/c1-21-27(37-2)19-24(20-28(21)38-3)29(34)31(36)33-25-15-8-7-14-23(25)16-17-26(33)30(35)32-18-10-9-13-22-11-5-4-6-12-22/h4-8,11-12,14-15,19-20,26H,9-10,13,16-18H2,1-3H3,(H,32,35)/t26-/m0/s1. The molecular weight excluding hydrogens is 480 g/mol. The number of rotatable bonds is 10. The van der Waals surface area contributed by atoms with Gasteiger partial charge in [-0.1, -0.05) is 48.5 Å². The highest BCUT2D eigenvalue weighted by atomic mass is 16.5. The van der Waals surface area contributed by atoms with Gasteiger partial charge in [0.05, 0.1) is 14.2 Å². The fourth-order valence-electron chi connectivity index (χ4n) is 4.92. The molecule has 198 valence electrons. The Balaban J connectivity index is 1.51. The van der Waals surface area contributed by atoms with Crippen molar-refractivity contribution in [1.82, 2.24) is 5.32 Å². The van der Waals surface area contributed by atoms with E-state index in [-0.39, 0.29) is 11.5 Å². The van der Waals surface area contributed by atoms with Crippen LogP contribution in [-0.2, 0) is 22.4 Å². The fraction of sp³-hybridized carbons (Fsp3) is 0.323. The zero-order valence-electron chi connectivity index (χ0n) is 22.2. The van der Waals surface area contributed by atoms with Gasteiger partial charge in [0.15, 0.2) is 0 Å². The molecule has 1 N–H and O–H groups in total. The van der Waals surface area contributed by atoms with Crippen molar-refractivity contribution in [2.75, 3.05) is 25.7 Å². The number of carbonyl (C=O) groups excluding carboxylic acids is 3. The molecule has 0 bridgehead atoms. The summed E-state index contributed by atoms with van der Waals surface area (Å²) in [5.74, 6) is -0.832. The van der Waals surface area contributed by atoms with E-state index in [0.717, 1.165) is 30.4 Å². The van der Waals surface area contributed by atoms with Gasteiger partial charge in [-0.15, -0.1) is 0 Å². The van der Waals surface area contributed by atoms with Crippen LogP contribution in [0.15, 0.2) is 66.7 Å². The number of ether oxygens (including phenoxy) is 2. The summed E-state index contributed by atoms with van der Waals surface area (Å²) in [4.78, 5) is 41.8. The van der Waals surface area contributed by atoms with Crippen molar-refractivity contribution in [3.63, 3.8) is 0 Å². The summed E-state index contributed by atoms with van der Waals surface area (Å²) >= 11 is 0. The number of unbranched alkanes of at least 4 members (excludes halogenated alkanes) is 1. The van der Waals surface area contributed by atoms with Gasteiger partial charge in [0.2, 0.25) is 5.91 Å². The molecule has 1 aliphatic heterocycles. The van der Waals surface area contributed by atoms with Gasteiger partial charge in [-0.2, -0.15) is 0 Å². The number of Topliss-reactive ketones (excluding diaryl/α,β-unsaturated/α-hetero) is 1. The zero-order chi connectivity index (χ0) is 27.1. The van der Waals surface area contributed by atoms with Gasteiger partial charge in [-0.05, 0) is 68.4 Å². The van der Waals surface area contributed by atoms with Crippen molar-refractivity contribution in [3.05, 3.63) is 89.0 Å². The molecule has 1 heterocycles. The number of fused-ring (bicyclic) bond motifs is 1. The molecular formula is C31H34N2O5. The molecule has 0 saturated heterocycles. The van der Waals surface area contributed by atoms with Crippen LogP contribution in [0.2, 0.25) is 0 Å². The van der Waals surface area contributed by atoms with E-state index < -0.39 is 17.7 Å². The summed E-state index contributed by atoms with van der Waals surface area (Å²) in [5, 5.41) is 2.99. The Bertz CT molecular complexity index is 1280. The van der Waals surface area contributed by atoms with Gasteiger partial charge in [0.1, 0.15) is 17.5 Å². The molecule has 3 aromatic rings. The van der Waals surface area contributed by atoms with Gasteiger partial charge in [-0.3, -0.25) is 19.3 Å². The van der Waals surface area contributed by atoms with Crippen LogP contribution in [0.1, 0.15) is 46.3 Å². The third kappa shape index (κ3) is 5.88. The van der Waals surface area contributed by atoms with Crippen molar-refractivity contribution in [2.45, 2.75) is 45.1 Å².